The largest absolute Gasteiger partial charge is 0.477 e. The highest BCUT2D eigenvalue weighted by Gasteiger charge is 2.07. The van der Waals surface area contributed by atoms with Crippen LogP contribution < -0.4 is 0 Å². The van der Waals surface area contributed by atoms with Gasteiger partial charge in [0.15, 0.2) is 0 Å². The molecule has 0 radical (unpaired) electrons. The Morgan fingerprint density at radius 2 is 2.40 bits per heavy atom. The number of nitrogens with zero attached hydrogens (tertiary/aromatic N) is 1. The molecule has 0 unspecified atom stereocenters. The zero-order valence-corrected chi connectivity index (χ0v) is 9.99. The number of aromatic nitrogens is 1. The fraction of sp³-hybridized carbons (Fsp3) is 0.111. The van der Waals surface area contributed by atoms with Crippen LogP contribution in [0.3, 0.4) is 0 Å². The number of thioether (sulfide) groups is 1. The van der Waals surface area contributed by atoms with Crippen molar-refractivity contribution < 1.29 is 9.90 Å². The minimum absolute atomic E-state index is 0.393. The Bertz CT molecular complexity index is 450. The molecule has 0 bridgehead atoms. The topological polar surface area (TPSA) is 50.2 Å². The fourth-order valence-electron chi connectivity index (χ4n) is 0.985. The van der Waals surface area contributed by atoms with Gasteiger partial charge in [0, 0.05) is 22.2 Å². The lowest BCUT2D eigenvalue weighted by atomic mass is 10.4. The summed E-state index contributed by atoms with van der Waals surface area (Å²) in [5.41, 5.74) is 0. The molecule has 2 heterocycles. The number of carboxylic acid groups (broad SMARTS) is 1. The monoisotopic (exact) mass is 257 g/mol. The maximum absolute atomic E-state index is 10.6. The van der Waals surface area contributed by atoms with Gasteiger partial charge in [-0.1, -0.05) is 11.8 Å². The Kier molecular flexibility index (Phi) is 3.40. The average Bonchev–Trinajstić information content (AvgIpc) is 2.86. The molecule has 0 aliphatic heterocycles. The molecule has 0 aliphatic carbocycles. The molecule has 0 amide bonds. The van der Waals surface area contributed by atoms with Gasteiger partial charge in [-0.25, -0.2) is 9.78 Å². The lowest BCUT2D eigenvalue weighted by molar-refractivity contribution is 0.0702. The van der Waals surface area contributed by atoms with Crippen LogP contribution in [-0.4, -0.2) is 16.1 Å². The summed E-state index contributed by atoms with van der Waals surface area (Å²) in [6.45, 7) is 0. The van der Waals surface area contributed by atoms with Gasteiger partial charge in [-0.3, -0.25) is 0 Å². The second kappa shape index (κ2) is 4.78. The summed E-state index contributed by atoms with van der Waals surface area (Å²) in [6.07, 6.45) is 1.77. The minimum atomic E-state index is -0.856. The molecule has 0 saturated heterocycles. The normalized spacial score (nSPS) is 10.4. The summed E-state index contributed by atoms with van der Waals surface area (Å²) < 4.78 is 1.01. The van der Waals surface area contributed by atoms with E-state index in [1.54, 1.807) is 35.4 Å². The molecule has 2 aromatic rings. The van der Waals surface area contributed by atoms with Crippen molar-refractivity contribution in [2.75, 3.05) is 0 Å². The molecule has 0 spiro atoms. The van der Waals surface area contributed by atoms with Crippen LogP contribution in [0.1, 0.15) is 14.5 Å². The molecule has 0 atom stereocenters. The molecule has 0 aliphatic rings. The molecule has 0 saturated carbocycles. The molecule has 6 heteroatoms. The van der Waals surface area contributed by atoms with E-state index in [0.29, 0.717) is 4.88 Å². The van der Waals surface area contributed by atoms with Gasteiger partial charge in [-0.15, -0.1) is 22.7 Å². The van der Waals surface area contributed by atoms with Gasteiger partial charge < -0.3 is 5.11 Å². The van der Waals surface area contributed by atoms with Crippen LogP contribution in [0, 0.1) is 0 Å². The Labute approximate surface area is 98.8 Å². The number of rotatable bonds is 4. The highest BCUT2D eigenvalue weighted by atomic mass is 32.2. The molecule has 0 aromatic carbocycles. The van der Waals surface area contributed by atoms with Crippen LogP contribution >= 0.6 is 34.4 Å². The minimum Gasteiger partial charge on any atom is -0.477 e. The first-order chi connectivity index (χ1) is 7.25. The molecular formula is C9H7NO2S3. The Balaban J connectivity index is 1.96. The molecular weight excluding hydrogens is 250 g/mol. The Morgan fingerprint density at radius 1 is 1.53 bits per heavy atom. The predicted molar refractivity (Wildman–Crippen MR) is 63.0 cm³/mol. The molecule has 15 heavy (non-hydrogen) atoms. The van der Waals surface area contributed by atoms with Crippen molar-refractivity contribution in [1.82, 2.24) is 4.98 Å². The zero-order chi connectivity index (χ0) is 10.7. The molecule has 78 valence electrons. The fourth-order valence-corrected chi connectivity index (χ4v) is 3.51. The van der Waals surface area contributed by atoms with E-state index < -0.39 is 5.97 Å². The summed E-state index contributed by atoms with van der Waals surface area (Å²) in [4.78, 5) is 16.2. The summed E-state index contributed by atoms with van der Waals surface area (Å²) in [5.74, 6) is -0.0728. The van der Waals surface area contributed by atoms with E-state index in [1.807, 2.05) is 11.4 Å². The lowest BCUT2D eigenvalue weighted by Crippen LogP contribution is -1.89. The van der Waals surface area contributed by atoms with Crippen molar-refractivity contribution >= 4 is 40.4 Å². The van der Waals surface area contributed by atoms with E-state index in [4.69, 9.17) is 5.11 Å². The van der Waals surface area contributed by atoms with Crippen molar-refractivity contribution in [3.63, 3.8) is 0 Å². The molecule has 2 rings (SSSR count). The van der Waals surface area contributed by atoms with Crippen LogP contribution in [0.2, 0.25) is 0 Å². The predicted octanol–water partition coefficient (Wildman–Crippen LogP) is 3.20. The first kappa shape index (κ1) is 10.7. The van der Waals surface area contributed by atoms with Gasteiger partial charge in [0.05, 0.1) is 0 Å². The molecule has 1 N–H and O–H groups in total. The van der Waals surface area contributed by atoms with E-state index in [-0.39, 0.29) is 0 Å². The van der Waals surface area contributed by atoms with Gasteiger partial charge in [0.1, 0.15) is 9.22 Å². The first-order valence-electron chi connectivity index (χ1n) is 4.10. The van der Waals surface area contributed by atoms with Crippen molar-refractivity contribution in [2.45, 2.75) is 10.1 Å². The van der Waals surface area contributed by atoms with Crippen molar-refractivity contribution in [3.8, 4) is 0 Å². The SMILES string of the molecule is O=C(O)c1ccc(CSc2nccs2)s1. The van der Waals surface area contributed by atoms with Crippen molar-refractivity contribution in [2.24, 2.45) is 0 Å². The van der Waals surface area contributed by atoms with Gasteiger partial charge in [0.25, 0.3) is 0 Å². The first-order valence-corrected chi connectivity index (χ1v) is 6.78. The maximum Gasteiger partial charge on any atom is 0.345 e. The standard InChI is InChI=1S/C9H7NO2S3/c11-8(12)7-2-1-6(15-7)5-14-9-10-3-4-13-9/h1-4H,5H2,(H,11,12). The van der Waals surface area contributed by atoms with E-state index in [2.05, 4.69) is 4.98 Å². The van der Waals surface area contributed by atoms with Crippen LogP contribution in [0.15, 0.2) is 28.0 Å². The van der Waals surface area contributed by atoms with Crippen molar-refractivity contribution in [3.05, 3.63) is 33.5 Å². The summed E-state index contributed by atoms with van der Waals surface area (Å²) in [6, 6.07) is 3.50. The average molecular weight is 257 g/mol. The van der Waals surface area contributed by atoms with Crippen LogP contribution in [0.5, 0.6) is 0 Å². The number of hydrogen-bond acceptors (Lipinski definition) is 5. The highest BCUT2D eigenvalue weighted by Crippen LogP contribution is 2.27. The quantitative estimate of drug-likeness (QED) is 0.855. The van der Waals surface area contributed by atoms with Crippen LogP contribution in [0.4, 0.5) is 0 Å². The third kappa shape index (κ3) is 2.80. The Hall–Kier alpha value is -0.850. The van der Waals surface area contributed by atoms with Gasteiger partial charge >= 0.3 is 5.97 Å². The number of thiophene rings is 1. The van der Waals surface area contributed by atoms with E-state index >= 15 is 0 Å². The van der Waals surface area contributed by atoms with Crippen molar-refractivity contribution in [1.29, 1.82) is 0 Å². The second-order valence-corrected chi connectivity index (χ2v) is 5.94. The Morgan fingerprint density at radius 3 is 3.00 bits per heavy atom. The van der Waals surface area contributed by atoms with E-state index in [9.17, 15) is 4.79 Å². The summed E-state index contributed by atoms with van der Waals surface area (Å²) in [7, 11) is 0. The van der Waals surface area contributed by atoms with Gasteiger partial charge in [-0.2, -0.15) is 0 Å². The van der Waals surface area contributed by atoms with E-state index in [1.165, 1.54) is 11.3 Å². The van der Waals surface area contributed by atoms with Gasteiger partial charge in [0.2, 0.25) is 0 Å². The summed E-state index contributed by atoms with van der Waals surface area (Å²) in [5, 5.41) is 10.7. The summed E-state index contributed by atoms with van der Waals surface area (Å²) >= 11 is 4.54. The number of carboxylic acids is 1. The maximum atomic E-state index is 10.6. The number of aromatic carboxylic acids is 1. The molecule has 2 aromatic heterocycles. The second-order valence-electron chi connectivity index (χ2n) is 2.66. The number of carbonyl (C=O) groups is 1. The zero-order valence-electron chi connectivity index (χ0n) is 7.54. The van der Waals surface area contributed by atoms with Gasteiger partial charge in [-0.05, 0) is 12.1 Å². The molecule has 3 nitrogen and oxygen atoms in total. The number of hydrogen-bond donors (Lipinski definition) is 1. The number of thiazole rings is 1. The third-order valence-electron chi connectivity index (χ3n) is 1.62. The van der Waals surface area contributed by atoms with E-state index in [0.717, 1.165) is 15.0 Å². The van der Waals surface area contributed by atoms with Crippen LogP contribution in [0.25, 0.3) is 0 Å². The van der Waals surface area contributed by atoms with Crippen LogP contribution in [-0.2, 0) is 5.75 Å². The smallest absolute Gasteiger partial charge is 0.345 e. The third-order valence-corrected chi connectivity index (χ3v) is 4.89. The highest BCUT2D eigenvalue weighted by molar-refractivity contribution is 8.00. The lowest BCUT2D eigenvalue weighted by Gasteiger charge is -1.92. The molecule has 0 fully saturated rings.